The Morgan fingerprint density at radius 1 is 1.33 bits per heavy atom. The first-order valence-corrected chi connectivity index (χ1v) is 7.11. The van der Waals surface area contributed by atoms with Gasteiger partial charge >= 0.3 is 5.69 Å². The molecule has 21 heavy (non-hydrogen) atoms. The van der Waals surface area contributed by atoms with Crippen LogP contribution in [0.3, 0.4) is 0 Å². The van der Waals surface area contributed by atoms with Crippen molar-refractivity contribution in [2.45, 2.75) is 5.03 Å². The Labute approximate surface area is 122 Å². The molecule has 0 unspecified atom stereocenters. The molecule has 0 bridgehead atoms. The smallest absolute Gasteiger partial charge is 0.258 e. The summed E-state index contributed by atoms with van der Waals surface area (Å²) in [5.74, 6) is -1.73. The highest BCUT2D eigenvalue weighted by molar-refractivity contribution is 7.92. The summed E-state index contributed by atoms with van der Waals surface area (Å²) in [6.07, 6.45) is 1.07. The van der Waals surface area contributed by atoms with E-state index >= 15 is 0 Å². The van der Waals surface area contributed by atoms with Crippen molar-refractivity contribution in [3.8, 4) is 0 Å². The molecule has 0 atom stereocenters. The lowest BCUT2D eigenvalue weighted by Crippen LogP contribution is -2.18. The Morgan fingerprint density at radius 2 is 2.05 bits per heavy atom. The highest BCUT2D eigenvalue weighted by Crippen LogP contribution is 2.26. The second-order valence-corrected chi connectivity index (χ2v) is 5.64. The molecule has 0 aromatic carbocycles. The third-order valence-corrected chi connectivity index (χ3v) is 3.73. The summed E-state index contributed by atoms with van der Waals surface area (Å²) in [7, 11) is -4.48. The Kier molecular flexibility index (Phi) is 4.00. The average Bonchev–Trinajstić information content (AvgIpc) is 2.38. The van der Waals surface area contributed by atoms with Gasteiger partial charge in [0.15, 0.2) is 5.82 Å². The lowest BCUT2D eigenvalue weighted by molar-refractivity contribution is -0.384. The molecular formula is C10H6ClFN4O4S. The Bertz CT molecular complexity index is 814. The standard InChI is InChI=1S/C10H6ClFN4O4S/c11-8-4-3-7(16(17)18)9(14-8)15-21(19,20)10-6(12)2-1-5-13-10/h1-5H,(H,14,15). The summed E-state index contributed by atoms with van der Waals surface area (Å²) in [4.78, 5) is 16.9. The fraction of sp³-hybridized carbons (Fsp3) is 0. The van der Waals surface area contributed by atoms with Gasteiger partial charge in [-0.05, 0) is 18.2 Å². The van der Waals surface area contributed by atoms with Gasteiger partial charge in [0.05, 0.1) is 4.92 Å². The molecule has 0 saturated heterocycles. The van der Waals surface area contributed by atoms with Gasteiger partial charge in [-0.3, -0.25) is 14.8 Å². The Balaban J connectivity index is 2.49. The molecule has 2 rings (SSSR count). The maximum atomic E-state index is 13.5. The van der Waals surface area contributed by atoms with Gasteiger partial charge in [0.1, 0.15) is 5.15 Å². The largest absolute Gasteiger partial charge is 0.312 e. The summed E-state index contributed by atoms with van der Waals surface area (Å²) >= 11 is 5.57. The number of nitro groups is 1. The predicted molar refractivity (Wildman–Crippen MR) is 70.9 cm³/mol. The molecule has 0 radical (unpaired) electrons. The van der Waals surface area contributed by atoms with Gasteiger partial charge in [0, 0.05) is 12.3 Å². The SMILES string of the molecule is O=[N+]([O-])c1ccc(Cl)nc1NS(=O)(=O)c1ncccc1F. The molecule has 2 aromatic rings. The predicted octanol–water partition coefficient (Wildman–Crippen LogP) is 1.98. The van der Waals surface area contributed by atoms with Crippen LogP contribution in [-0.2, 0) is 10.0 Å². The minimum absolute atomic E-state index is 0.167. The van der Waals surface area contributed by atoms with Gasteiger partial charge in [-0.15, -0.1) is 0 Å². The molecule has 0 amide bonds. The Morgan fingerprint density at radius 3 is 2.67 bits per heavy atom. The van der Waals surface area contributed by atoms with E-state index in [1.165, 1.54) is 6.07 Å². The van der Waals surface area contributed by atoms with Crippen LogP contribution in [0.15, 0.2) is 35.5 Å². The number of pyridine rings is 2. The molecule has 110 valence electrons. The zero-order chi connectivity index (χ0) is 15.6. The van der Waals surface area contributed by atoms with E-state index in [9.17, 15) is 22.9 Å². The van der Waals surface area contributed by atoms with Crippen molar-refractivity contribution in [1.29, 1.82) is 0 Å². The minimum Gasteiger partial charge on any atom is -0.258 e. The Hall–Kier alpha value is -2.33. The summed E-state index contributed by atoms with van der Waals surface area (Å²) in [6.45, 7) is 0. The number of nitrogens with one attached hydrogen (secondary N) is 1. The fourth-order valence-electron chi connectivity index (χ4n) is 1.39. The van der Waals surface area contributed by atoms with Crippen LogP contribution in [0, 0.1) is 15.9 Å². The molecule has 0 aliphatic rings. The zero-order valence-corrected chi connectivity index (χ0v) is 11.6. The quantitative estimate of drug-likeness (QED) is 0.520. The number of sulfonamides is 1. The van der Waals surface area contributed by atoms with Crippen molar-refractivity contribution < 1.29 is 17.7 Å². The highest BCUT2D eigenvalue weighted by atomic mass is 35.5. The van der Waals surface area contributed by atoms with Crippen molar-refractivity contribution >= 4 is 33.1 Å². The van der Waals surface area contributed by atoms with Crippen LogP contribution in [0.1, 0.15) is 0 Å². The average molecular weight is 333 g/mol. The maximum Gasteiger partial charge on any atom is 0.312 e. The molecule has 0 fully saturated rings. The molecule has 0 spiro atoms. The number of anilines is 1. The van der Waals surface area contributed by atoms with E-state index in [0.29, 0.717) is 0 Å². The van der Waals surface area contributed by atoms with Crippen LogP contribution in [0.4, 0.5) is 15.9 Å². The molecule has 8 nitrogen and oxygen atoms in total. The van der Waals surface area contributed by atoms with Crippen LogP contribution in [0.5, 0.6) is 0 Å². The van der Waals surface area contributed by atoms with E-state index in [0.717, 1.165) is 24.4 Å². The highest BCUT2D eigenvalue weighted by Gasteiger charge is 2.26. The number of nitrogens with zero attached hydrogens (tertiary/aromatic N) is 3. The second-order valence-electron chi connectivity index (χ2n) is 3.65. The minimum atomic E-state index is -4.48. The molecule has 2 aromatic heterocycles. The summed E-state index contributed by atoms with van der Waals surface area (Å²) in [5.41, 5.74) is -0.626. The third kappa shape index (κ3) is 3.23. The lowest BCUT2D eigenvalue weighted by Gasteiger charge is -2.07. The fourth-order valence-corrected chi connectivity index (χ4v) is 2.57. The molecule has 1 N–H and O–H groups in total. The normalized spacial score (nSPS) is 11.1. The van der Waals surface area contributed by atoms with Crippen molar-refractivity contribution in [1.82, 2.24) is 9.97 Å². The number of rotatable bonds is 4. The number of hydrogen-bond acceptors (Lipinski definition) is 6. The summed E-state index contributed by atoms with van der Waals surface area (Å²) in [5, 5.41) is 9.75. The topological polar surface area (TPSA) is 115 Å². The van der Waals surface area contributed by atoms with Crippen molar-refractivity contribution in [3.05, 3.63) is 51.5 Å². The molecule has 11 heteroatoms. The molecule has 0 aliphatic carbocycles. The van der Waals surface area contributed by atoms with E-state index < -0.39 is 37.3 Å². The van der Waals surface area contributed by atoms with E-state index in [1.54, 1.807) is 4.72 Å². The van der Waals surface area contributed by atoms with Crippen LogP contribution >= 0.6 is 11.6 Å². The van der Waals surface area contributed by atoms with E-state index in [-0.39, 0.29) is 5.15 Å². The van der Waals surface area contributed by atoms with Crippen LogP contribution in [-0.4, -0.2) is 23.3 Å². The zero-order valence-electron chi connectivity index (χ0n) is 10.0. The lowest BCUT2D eigenvalue weighted by atomic mass is 10.4. The number of halogens is 2. The van der Waals surface area contributed by atoms with E-state index in [1.807, 2.05) is 0 Å². The van der Waals surface area contributed by atoms with Crippen LogP contribution in [0.2, 0.25) is 5.15 Å². The maximum absolute atomic E-state index is 13.5. The van der Waals surface area contributed by atoms with E-state index in [2.05, 4.69) is 9.97 Å². The van der Waals surface area contributed by atoms with E-state index in [4.69, 9.17) is 11.6 Å². The summed E-state index contributed by atoms with van der Waals surface area (Å²) < 4.78 is 39.2. The van der Waals surface area contributed by atoms with Gasteiger partial charge < -0.3 is 0 Å². The van der Waals surface area contributed by atoms with Gasteiger partial charge in [-0.2, -0.15) is 8.42 Å². The van der Waals surface area contributed by atoms with Gasteiger partial charge in [0.25, 0.3) is 10.0 Å². The number of hydrogen-bond donors (Lipinski definition) is 1. The molecule has 2 heterocycles. The molecule has 0 saturated carbocycles. The molecular weight excluding hydrogens is 327 g/mol. The van der Waals surface area contributed by atoms with Gasteiger partial charge in [-0.25, -0.2) is 14.4 Å². The monoisotopic (exact) mass is 332 g/mol. The van der Waals surface area contributed by atoms with Crippen LogP contribution < -0.4 is 4.72 Å². The van der Waals surface area contributed by atoms with Crippen molar-refractivity contribution in [2.75, 3.05) is 4.72 Å². The van der Waals surface area contributed by atoms with Crippen LogP contribution in [0.25, 0.3) is 0 Å². The van der Waals surface area contributed by atoms with Gasteiger partial charge in [-0.1, -0.05) is 11.6 Å². The molecule has 0 aliphatic heterocycles. The first-order valence-electron chi connectivity index (χ1n) is 5.25. The number of aromatic nitrogens is 2. The van der Waals surface area contributed by atoms with Crippen molar-refractivity contribution in [3.63, 3.8) is 0 Å². The second kappa shape index (κ2) is 5.58. The van der Waals surface area contributed by atoms with Crippen molar-refractivity contribution in [2.24, 2.45) is 0 Å². The van der Waals surface area contributed by atoms with Gasteiger partial charge in [0.2, 0.25) is 10.8 Å². The first kappa shape index (κ1) is 15.1. The first-order chi connectivity index (χ1) is 9.81. The third-order valence-electron chi connectivity index (χ3n) is 2.25. The summed E-state index contributed by atoms with van der Waals surface area (Å²) in [6, 6.07) is 4.19.